The van der Waals surface area contributed by atoms with Crippen molar-refractivity contribution in [2.75, 3.05) is 36.5 Å². The lowest BCUT2D eigenvalue weighted by atomic mass is 10.1. The zero-order valence-electron chi connectivity index (χ0n) is 21.9. The van der Waals surface area contributed by atoms with Crippen molar-refractivity contribution in [1.29, 1.82) is 0 Å². The number of carbonyl (C=O) groups is 1. The van der Waals surface area contributed by atoms with E-state index in [9.17, 15) is 9.59 Å². The van der Waals surface area contributed by atoms with Gasteiger partial charge in [0, 0.05) is 66.0 Å². The van der Waals surface area contributed by atoms with Crippen LogP contribution in [0.15, 0.2) is 71.2 Å². The number of hydrogen-bond donors (Lipinski definition) is 1. The quantitative estimate of drug-likeness (QED) is 0.258. The first-order valence-corrected chi connectivity index (χ1v) is 15.1. The maximum absolute atomic E-state index is 13.9. The summed E-state index contributed by atoms with van der Waals surface area (Å²) in [7, 11) is 0. The van der Waals surface area contributed by atoms with E-state index in [1.54, 1.807) is 22.3 Å². The molecule has 0 bridgehead atoms. The van der Waals surface area contributed by atoms with E-state index in [0.717, 1.165) is 10.6 Å². The molecule has 1 N–H and O–H groups in total. The minimum absolute atomic E-state index is 0.119. The van der Waals surface area contributed by atoms with Crippen molar-refractivity contribution in [2.24, 2.45) is 0 Å². The number of hydrogen-bond acceptors (Lipinski definition) is 10. The van der Waals surface area contributed by atoms with Gasteiger partial charge in [-0.3, -0.25) is 14.6 Å². The molecule has 0 aliphatic carbocycles. The van der Waals surface area contributed by atoms with Crippen LogP contribution < -0.4 is 15.8 Å². The first-order valence-electron chi connectivity index (χ1n) is 13.1. The zero-order valence-corrected chi connectivity index (χ0v) is 24.3. The third kappa shape index (κ3) is 6.10. The van der Waals surface area contributed by atoms with Gasteiger partial charge in [-0.1, -0.05) is 17.7 Å². The molecular weight excluding hydrogens is 582 g/mol. The molecule has 5 aromatic heterocycles. The number of nitrogens with one attached hydrogen (secondary N) is 1. The van der Waals surface area contributed by atoms with Crippen molar-refractivity contribution in [3.8, 4) is 11.3 Å². The number of pyridine rings is 2. The molecule has 1 fully saturated rings. The van der Waals surface area contributed by atoms with E-state index in [4.69, 9.17) is 21.4 Å². The molecule has 1 saturated heterocycles. The Morgan fingerprint density at radius 3 is 2.76 bits per heavy atom. The first kappa shape index (κ1) is 27.3. The molecule has 0 spiro atoms. The van der Waals surface area contributed by atoms with Gasteiger partial charge in [0.2, 0.25) is 0 Å². The summed E-state index contributed by atoms with van der Waals surface area (Å²) < 4.78 is 13.4. The predicted molar refractivity (Wildman–Crippen MR) is 161 cm³/mol. The van der Waals surface area contributed by atoms with Crippen LogP contribution in [0.1, 0.15) is 20.9 Å². The minimum Gasteiger partial charge on any atom is -0.378 e. The highest BCUT2D eigenvalue weighted by atomic mass is 35.5. The number of anilines is 2. The van der Waals surface area contributed by atoms with E-state index in [2.05, 4.69) is 14.7 Å². The van der Waals surface area contributed by atoms with Crippen LogP contribution in [0, 0.1) is 0 Å². The van der Waals surface area contributed by atoms with Crippen LogP contribution in [-0.4, -0.2) is 55.9 Å². The molecular formula is C28H26ClN7O3S2. The van der Waals surface area contributed by atoms with Gasteiger partial charge in [-0.05, 0) is 41.9 Å². The zero-order chi connectivity index (χ0) is 28.2. The van der Waals surface area contributed by atoms with Crippen molar-refractivity contribution in [3.05, 3.63) is 97.3 Å². The molecule has 5 aromatic rings. The molecule has 0 radical (unpaired) electrons. The molecule has 1 aliphatic rings. The second-order valence-corrected chi connectivity index (χ2v) is 11.8. The summed E-state index contributed by atoms with van der Waals surface area (Å²) in [6, 6.07) is 13.3. The average molecular weight is 608 g/mol. The van der Waals surface area contributed by atoms with Crippen molar-refractivity contribution >= 4 is 51.9 Å². The molecule has 1 aliphatic heterocycles. The molecule has 10 nitrogen and oxygen atoms in total. The van der Waals surface area contributed by atoms with Crippen molar-refractivity contribution in [2.45, 2.75) is 19.5 Å². The summed E-state index contributed by atoms with van der Waals surface area (Å²) in [5.74, 6) is 0.196. The molecule has 0 aromatic carbocycles. The van der Waals surface area contributed by atoms with Gasteiger partial charge in [0.1, 0.15) is 11.5 Å². The third-order valence-electron chi connectivity index (χ3n) is 6.73. The van der Waals surface area contributed by atoms with Crippen LogP contribution >= 0.6 is 34.5 Å². The Morgan fingerprint density at radius 2 is 2.02 bits per heavy atom. The number of rotatable bonds is 9. The number of halogens is 1. The molecule has 0 amide bonds. The predicted octanol–water partition coefficient (Wildman–Crippen LogP) is 4.66. The molecule has 6 heterocycles. The van der Waals surface area contributed by atoms with Gasteiger partial charge in [0.05, 0.1) is 41.5 Å². The van der Waals surface area contributed by atoms with Gasteiger partial charge in [0.15, 0.2) is 0 Å². The maximum atomic E-state index is 13.9. The average Bonchev–Trinajstić information content (AvgIpc) is 3.78. The lowest BCUT2D eigenvalue weighted by Crippen LogP contribution is -2.41. The summed E-state index contributed by atoms with van der Waals surface area (Å²) in [5.41, 5.74) is 2.95. The number of ether oxygens (including phenoxy) is 1. The normalized spacial score (nSPS) is 13.4. The van der Waals surface area contributed by atoms with E-state index < -0.39 is 0 Å². The molecule has 210 valence electrons. The Kier molecular flexibility index (Phi) is 8.23. The highest BCUT2D eigenvalue weighted by Crippen LogP contribution is 2.31. The minimum atomic E-state index is -0.312. The number of thiophene rings is 1. The molecule has 41 heavy (non-hydrogen) atoms. The smallest absolute Gasteiger partial charge is 0.282 e. The maximum Gasteiger partial charge on any atom is 0.282 e. The lowest BCUT2D eigenvalue weighted by molar-refractivity contribution is 0.0948. The number of morpholine rings is 1. The van der Waals surface area contributed by atoms with Crippen LogP contribution in [0.2, 0.25) is 4.34 Å². The van der Waals surface area contributed by atoms with E-state index >= 15 is 0 Å². The van der Waals surface area contributed by atoms with Gasteiger partial charge in [-0.15, -0.1) is 11.3 Å². The standard InChI is InChI=1S/C28H26ClN7O3S2/c29-24-5-4-21(41-24)17-31-25-15-23(33-36(25)27(37)19-16-32-40-18-19)22-7-10-35(9-6-20-3-1-2-8-30-20)28(38)26(22)34-11-13-39-14-12-34/h1-5,7-8,10,15-16,18,31H,6,9,11-14,17H2. The molecule has 0 saturated carbocycles. The molecule has 6 rings (SSSR count). The number of aromatic nitrogens is 5. The van der Waals surface area contributed by atoms with Crippen LogP contribution in [0.3, 0.4) is 0 Å². The van der Waals surface area contributed by atoms with Crippen LogP contribution in [0.4, 0.5) is 11.5 Å². The fourth-order valence-corrected chi connectivity index (χ4v) is 6.21. The summed E-state index contributed by atoms with van der Waals surface area (Å²) in [6.45, 7) is 3.16. The van der Waals surface area contributed by atoms with E-state index in [1.807, 2.05) is 47.4 Å². The largest absolute Gasteiger partial charge is 0.378 e. The van der Waals surface area contributed by atoms with Crippen molar-refractivity contribution in [3.63, 3.8) is 0 Å². The van der Waals surface area contributed by atoms with Gasteiger partial charge in [0.25, 0.3) is 11.5 Å². The summed E-state index contributed by atoms with van der Waals surface area (Å²) in [5, 5.41) is 9.74. The van der Waals surface area contributed by atoms with Gasteiger partial charge in [-0.2, -0.15) is 9.78 Å². The van der Waals surface area contributed by atoms with Crippen molar-refractivity contribution in [1.82, 2.24) is 23.7 Å². The first-order chi connectivity index (χ1) is 20.1. The fourth-order valence-electron chi connectivity index (χ4n) is 4.67. The molecule has 13 heteroatoms. The van der Waals surface area contributed by atoms with E-state index in [0.29, 0.717) is 78.5 Å². The van der Waals surface area contributed by atoms with Gasteiger partial charge >= 0.3 is 0 Å². The SMILES string of the molecule is O=C(c1cnsc1)n1nc(-c2ccn(CCc3ccccn3)c(=O)c2N2CCOCC2)cc1NCc1ccc(Cl)s1. The van der Waals surface area contributed by atoms with Crippen LogP contribution in [0.5, 0.6) is 0 Å². The highest BCUT2D eigenvalue weighted by molar-refractivity contribution is 7.16. The monoisotopic (exact) mass is 607 g/mol. The third-order valence-corrected chi connectivity index (χ3v) is 8.55. The summed E-state index contributed by atoms with van der Waals surface area (Å²) in [4.78, 5) is 34.8. The van der Waals surface area contributed by atoms with Crippen molar-refractivity contribution < 1.29 is 9.53 Å². The highest BCUT2D eigenvalue weighted by Gasteiger charge is 2.25. The van der Waals surface area contributed by atoms with Crippen LogP contribution in [-0.2, 0) is 24.2 Å². The van der Waals surface area contributed by atoms with E-state index in [1.165, 1.54) is 33.7 Å². The second kappa shape index (κ2) is 12.4. The Hall–Kier alpha value is -3.84. The Labute approximate surface area is 249 Å². The van der Waals surface area contributed by atoms with Crippen LogP contribution in [0.25, 0.3) is 11.3 Å². The Morgan fingerprint density at radius 1 is 1.15 bits per heavy atom. The fraction of sp³-hybridized carbons (Fsp3) is 0.250. The molecule has 0 atom stereocenters. The van der Waals surface area contributed by atoms with E-state index in [-0.39, 0.29) is 11.5 Å². The summed E-state index contributed by atoms with van der Waals surface area (Å²) in [6.07, 6.45) is 5.69. The Balaban J connectivity index is 1.39. The number of nitrogens with zero attached hydrogens (tertiary/aromatic N) is 6. The summed E-state index contributed by atoms with van der Waals surface area (Å²) >= 11 is 8.78. The topological polar surface area (TPSA) is 107 Å². The number of aryl methyl sites for hydroxylation is 2. The molecule has 0 unspecified atom stereocenters. The lowest BCUT2D eigenvalue weighted by Gasteiger charge is -2.30. The van der Waals surface area contributed by atoms with Gasteiger partial charge in [-0.25, -0.2) is 4.37 Å². The Bertz CT molecular complexity index is 1690. The second-order valence-electron chi connectivity index (χ2n) is 9.35. The number of carbonyl (C=O) groups excluding carboxylic acids is 1. The van der Waals surface area contributed by atoms with Gasteiger partial charge < -0.3 is 19.5 Å².